The number of hydrogen-bond donors (Lipinski definition) is 5. The molecule has 1 aromatic carbocycles. The van der Waals surface area contributed by atoms with E-state index in [-0.39, 0.29) is 24.7 Å². The zero-order valence-corrected chi connectivity index (χ0v) is 19.4. The van der Waals surface area contributed by atoms with Gasteiger partial charge in [-0.3, -0.25) is 9.59 Å². The molecule has 1 saturated heterocycles. The molecule has 8 N–H and O–H groups in total. The van der Waals surface area contributed by atoms with Crippen LogP contribution in [-0.4, -0.2) is 49.6 Å². The first-order valence-electron chi connectivity index (χ1n) is 10.2. The van der Waals surface area contributed by atoms with Crippen molar-refractivity contribution in [3.63, 3.8) is 0 Å². The van der Waals surface area contributed by atoms with Gasteiger partial charge >= 0.3 is 0 Å². The van der Waals surface area contributed by atoms with Crippen LogP contribution < -0.4 is 26.8 Å². The van der Waals surface area contributed by atoms with Crippen LogP contribution in [0.5, 0.6) is 0 Å². The topological polar surface area (TPSA) is 186 Å². The Bertz CT molecular complexity index is 1120. The minimum absolute atomic E-state index is 0.114. The summed E-state index contributed by atoms with van der Waals surface area (Å²) in [5.41, 5.74) is 6.45. The molecule has 0 radical (unpaired) electrons. The van der Waals surface area contributed by atoms with Gasteiger partial charge in [0.1, 0.15) is 12.1 Å². The highest BCUT2D eigenvalue weighted by molar-refractivity contribution is 7.87. The van der Waals surface area contributed by atoms with Gasteiger partial charge in [-0.2, -0.15) is 18.2 Å². The number of amidine groups is 1. The second kappa shape index (κ2) is 10.7. The van der Waals surface area contributed by atoms with E-state index in [1.807, 2.05) is 12.1 Å². The number of carbonyl (C=O) groups is 2. The summed E-state index contributed by atoms with van der Waals surface area (Å²) in [7, 11) is -4.13. The molecule has 2 aromatic rings. The van der Waals surface area contributed by atoms with E-state index >= 15 is 0 Å². The number of hydrogen-bond acceptors (Lipinski definition) is 7. The van der Waals surface area contributed by atoms with Gasteiger partial charge in [0.25, 0.3) is 10.2 Å². The molecule has 2 atom stereocenters. The SMILES string of the molecule is N/N=C(\N)c1ccc(CNC(=O)[C@@H]2CCCN2C(=O)[C@@H](Cc2ccccc2)NS(N)(=O)=O)s1. The van der Waals surface area contributed by atoms with Gasteiger partial charge in [0.2, 0.25) is 11.8 Å². The van der Waals surface area contributed by atoms with Gasteiger partial charge in [0, 0.05) is 11.4 Å². The fourth-order valence-corrected chi connectivity index (χ4v) is 5.13. The lowest BCUT2D eigenvalue weighted by Gasteiger charge is -2.28. The number of hydrazone groups is 1. The molecule has 0 saturated carbocycles. The van der Waals surface area contributed by atoms with E-state index < -0.39 is 28.2 Å². The maximum atomic E-state index is 13.3. The van der Waals surface area contributed by atoms with Crippen molar-refractivity contribution in [2.45, 2.75) is 37.9 Å². The first kappa shape index (κ1) is 24.6. The Kier molecular flexibility index (Phi) is 8.02. The number of rotatable bonds is 9. The quantitative estimate of drug-likeness (QED) is 0.133. The molecule has 2 amide bonds. The number of carbonyl (C=O) groups excluding carboxylic acids is 2. The fourth-order valence-electron chi connectivity index (χ4n) is 3.70. The smallest absolute Gasteiger partial charge is 0.275 e. The third-order valence-corrected chi connectivity index (χ3v) is 6.94. The number of likely N-dealkylation sites (tertiary alicyclic amines) is 1. The number of nitrogens with zero attached hydrogens (tertiary/aromatic N) is 2. The Morgan fingerprint density at radius 1 is 1.21 bits per heavy atom. The molecule has 0 spiro atoms. The molecule has 33 heavy (non-hydrogen) atoms. The number of benzene rings is 1. The molecule has 1 fully saturated rings. The van der Waals surface area contributed by atoms with Gasteiger partial charge < -0.3 is 21.8 Å². The van der Waals surface area contributed by atoms with Crippen molar-refractivity contribution in [2.24, 2.45) is 21.8 Å². The molecule has 0 unspecified atom stereocenters. The Morgan fingerprint density at radius 2 is 1.94 bits per heavy atom. The number of amides is 2. The summed E-state index contributed by atoms with van der Waals surface area (Å²) in [6.07, 6.45) is 1.22. The van der Waals surface area contributed by atoms with Crippen LogP contribution in [-0.2, 0) is 32.8 Å². The first-order chi connectivity index (χ1) is 15.7. The van der Waals surface area contributed by atoms with Crippen molar-refractivity contribution in [3.8, 4) is 0 Å². The summed E-state index contributed by atoms with van der Waals surface area (Å²) in [6, 6.07) is 10.7. The van der Waals surface area contributed by atoms with Gasteiger partial charge in [0.15, 0.2) is 5.84 Å². The Labute approximate surface area is 196 Å². The largest absolute Gasteiger partial charge is 0.381 e. The van der Waals surface area contributed by atoms with Crippen LogP contribution in [0.15, 0.2) is 47.6 Å². The van der Waals surface area contributed by atoms with Crippen LogP contribution in [0.4, 0.5) is 0 Å². The predicted octanol–water partition coefficient (Wildman–Crippen LogP) is -0.661. The highest BCUT2D eigenvalue weighted by Crippen LogP contribution is 2.21. The van der Waals surface area contributed by atoms with E-state index in [0.29, 0.717) is 24.3 Å². The molecular weight excluding hydrogens is 466 g/mol. The second-order valence-electron chi connectivity index (χ2n) is 7.59. The van der Waals surface area contributed by atoms with Crippen LogP contribution in [0, 0.1) is 0 Å². The summed E-state index contributed by atoms with van der Waals surface area (Å²) < 4.78 is 25.6. The van der Waals surface area contributed by atoms with Gasteiger partial charge in [-0.15, -0.1) is 11.3 Å². The van der Waals surface area contributed by atoms with Crippen molar-refractivity contribution in [3.05, 3.63) is 57.8 Å². The molecule has 0 aliphatic carbocycles. The molecule has 13 heteroatoms. The first-order valence-corrected chi connectivity index (χ1v) is 12.6. The van der Waals surface area contributed by atoms with Crippen LogP contribution in [0.2, 0.25) is 0 Å². The summed E-state index contributed by atoms with van der Waals surface area (Å²) in [5.74, 6) is 4.59. The maximum Gasteiger partial charge on any atom is 0.275 e. The van der Waals surface area contributed by atoms with E-state index in [1.54, 1.807) is 30.3 Å². The maximum absolute atomic E-state index is 13.3. The Balaban J connectivity index is 1.68. The Hall–Kier alpha value is -3.00. The zero-order chi connectivity index (χ0) is 24.0. The standard InChI is InChI=1S/C20H27N7O4S2/c21-18(25-22)17-9-8-14(32-17)12-24-19(28)16-7-4-10-27(16)20(29)15(26-33(23,30)31)11-13-5-2-1-3-6-13/h1-3,5-6,8-9,15-16,26H,4,7,10-12,22H2,(H2,21,25)(H,24,28)(H2,23,30,31)/t15-,16+/m1/s1. The molecule has 1 aliphatic heterocycles. The average Bonchev–Trinajstić information content (AvgIpc) is 3.46. The molecular formula is C20H27N7O4S2. The molecule has 0 bridgehead atoms. The summed E-state index contributed by atoms with van der Waals surface area (Å²) in [4.78, 5) is 29.1. The van der Waals surface area contributed by atoms with E-state index in [1.165, 1.54) is 16.2 Å². The summed E-state index contributed by atoms with van der Waals surface area (Å²) >= 11 is 1.35. The van der Waals surface area contributed by atoms with Crippen molar-refractivity contribution >= 4 is 39.2 Å². The minimum Gasteiger partial charge on any atom is -0.381 e. The van der Waals surface area contributed by atoms with Crippen molar-refractivity contribution in [1.29, 1.82) is 0 Å². The molecule has 2 heterocycles. The third kappa shape index (κ3) is 6.74. The molecule has 1 aromatic heterocycles. The van der Waals surface area contributed by atoms with Crippen LogP contribution in [0.3, 0.4) is 0 Å². The lowest BCUT2D eigenvalue weighted by molar-refractivity contribution is -0.139. The zero-order valence-electron chi connectivity index (χ0n) is 17.8. The van der Waals surface area contributed by atoms with Crippen LogP contribution in [0.1, 0.15) is 28.2 Å². The van der Waals surface area contributed by atoms with Crippen molar-refractivity contribution in [1.82, 2.24) is 14.9 Å². The monoisotopic (exact) mass is 493 g/mol. The molecule has 1 aliphatic rings. The van der Waals surface area contributed by atoms with E-state index in [4.69, 9.17) is 16.7 Å². The van der Waals surface area contributed by atoms with E-state index in [2.05, 4.69) is 15.1 Å². The number of nitrogens with two attached hydrogens (primary N) is 3. The Morgan fingerprint density at radius 3 is 2.61 bits per heavy atom. The number of thiophene rings is 1. The molecule has 11 nitrogen and oxygen atoms in total. The predicted molar refractivity (Wildman–Crippen MR) is 126 cm³/mol. The fraction of sp³-hybridized carbons (Fsp3) is 0.350. The minimum atomic E-state index is -4.13. The second-order valence-corrected chi connectivity index (χ2v) is 10.1. The highest BCUT2D eigenvalue weighted by Gasteiger charge is 2.38. The lowest BCUT2D eigenvalue weighted by atomic mass is 10.1. The van der Waals surface area contributed by atoms with Gasteiger partial charge in [-0.05, 0) is 37.0 Å². The van der Waals surface area contributed by atoms with Gasteiger partial charge in [-0.25, -0.2) is 5.14 Å². The van der Waals surface area contributed by atoms with Crippen LogP contribution >= 0.6 is 11.3 Å². The summed E-state index contributed by atoms with van der Waals surface area (Å²) in [5, 5.41) is 11.4. The van der Waals surface area contributed by atoms with E-state index in [9.17, 15) is 18.0 Å². The lowest BCUT2D eigenvalue weighted by Crippen LogP contribution is -2.55. The van der Waals surface area contributed by atoms with Gasteiger partial charge in [-0.1, -0.05) is 30.3 Å². The van der Waals surface area contributed by atoms with E-state index in [0.717, 1.165) is 10.4 Å². The van der Waals surface area contributed by atoms with Crippen molar-refractivity contribution < 1.29 is 18.0 Å². The highest BCUT2D eigenvalue weighted by atomic mass is 32.2. The van der Waals surface area contributed by atoms with Crippen LogP contribution in [0.25, 0.3) is 0 Å². The third-order valence-electron chi connectivity index (χ3n) is 5.22. The molecule has 178 valence electrons. The van der Waals surface area contributed by atoms with Gasteiger partial charge in [0.05, 0.1) is 11.4 Å². The molecule has 3 rings (SSSR count). The number of nitrogens with one attached hydrogen (secondary N) is 2. The summed E-state index contributed by atoms with van der Waals surface area (Å²) in [6.45, 7) is 0.601. The average molecular weight is 494 g/mol. The van der Waals surface area contributed by atoms with Crippen molar-refractivity contribution in [2.75, 3.05) is 6.54 Å². The normalized spacial score (nSPS) is 17.7.